The second kappa shape index (κ2) is 5.47. The zero-order valence-corrected chi connectivity index (χ0v) is 11.0. The lowest BCUT2D eigenvalue weighted by molar-refractivity contribution is -0.0489. The van der Waals surface area contributed by atoms with Gasteiger partial charge in [-0.15, -0.1) is 0 Å². The molecule has 2 unspecified atom stereocenters. The van der Waals surface area contributed by atoms with Crippen LogP contribution < -0.4 is 5.32 Å². The number of sulfone groups is 1. The van der Waals surface area contributed by atoms with Crippen molar-refractivity contribution in [2.75, 3.05) is 25.1 Å². The van der Waals surface area contributed by atoms with E-state index in [9.17, 15) is 13.5 Å². The summed E-state index contributed by atoms with van der Waals surface area (Å²) < 4.78 is 22.1. The molecule has 4 nitrogen and oxygen atoms in total. The van der Waals surface area contributed by atoms with E-state index in [0.717, 1.165) is 25.9 Å². The smallest absolute Gasteiger partial charge is 0.147 e. The average molecular weight is 249 g/mol. The molecule has 0 amide bonds. The lowest BCUT2D eigenvalue weighted by atomic mass is 9.77. The zero-order chi connectivity index (χ0) is 12.2. The van der Waals surface area contributed by atoms with Gasteiger partial charge in [0, 0.05) is 18.6 Å². The summed E-state index contributed by atoms with van der Waals surface area (Å²) in [5, 5.41) is 13.8. The number of nitrogens with one attached hydrogen (secondary N) is 1. The largest absolute Gasteiger partial charge is 0.390 e. The van der Waals surface area contributed by atoms with Gasteiger partial charge >= 0.3 is 0 Å². The van der Waals surface area contributed by atoms with Gasteiger partial charge < -0.3 is 10.4 Å². The summed E-state index contributed by atoms with van der Waals surface area (Å²) in [6, 6.07) is 0. The van der Waals surface area contributed by atoms with Crippen molar-refractivity contribution in [1.82, 2.24) is 5.32 Å². The molecule has 0 radical (unpaired) electrons. The summed E-state index contributed by atoms with van der Waals surface area (Å²) in [5.74, 6) is 0.430. The molecule has 1 heterocycles. The summed E-state index contributed by atoms with van der Waals surface area (Å²) >= 11 is 0. The van der Waals surface area contributed by atoms with E-state index in [-0.39, 0.29) is 11.7 Å². The monoisotopic (exact) mass is 249 g/mol. The van der Waals surface area contributed by atoms with Crippen LogP contribution in [0.2, 0.25) is 0 Å². The summed E-state index contributed by atoms with van der Waals surface area (Å²) in [4.78, 5) is 0. The maximum absolute atomic E-state index is 11.0. The van der Waals surface area contributed by atoms with E-state index in [1.165, 1.54) is 6.26 Å². The van der Waals surface area contributed by atoms with Crippen LogP contribution in [0.15, 0.2) is 0 Å². The van der Waals surface area contributed by atoms with Crippen LogP contribution in [0.5, 0.6) is 0 Å². The molecule has 5 heteroatoms. The first kappa shape index (κ1) is 13.9. The highest BCUT2D eigenvalue weighted by molar-refractivity contribution is 7.90. The molecule has 0 aromatic heterocycles. The van der Waals surface area contributed by atoms with Crippen molar-refractivity contribution in [1.29, 1.82) is 0 Å². The standard InChI is InChI=1S/C11H23NO3S/c1-3-10-9-12-7-6-11(10,13)5-4-8-16(2,14)15/h10,12-13H,3-9H2,1-2H3. The average Bonchev–Trinajstić information content (AvgIpc) is 2.16. The fourth-order valence-electron chi connectivity index (χ4n) is 2.47. The topological polar surface area (TPSA) is 66.4 Å². The summed E-state index contributed by atoms with van der Waals surface area (Å²) in [6.45, 7) is 3.73. The normalized spacial score (nSPS) is 31.6. The fourth-order valence-corrected chi connectivity index (χ4v) is 3.14. The Kier molecular flexibility index (Phi) is 4.76. The molecule has 2 atom stereocenters. The van der Waals surface area contributed by atoms with Crippen LogP contribution in [0, 0.1) is 5.92 Å². The van der Waals surface area contributed by atoms with E-state index >= 15 is 0 Å². The van der Waals surface area contributed by atoms with Crippen LogP contribution in [0.25, 0.3) is 0 Å². The number of hydrogen-bond donors (Lipinski definition) is 2. The Morgan fingerprint density at radius 2 is 2.19 bits per heavy atom. The second-order valence-electron chi connectivity index (χ2n) is 4.90. The Labute approximate surface area is 98.4 Å². The van der Waals surface area contributed by atoms with E-state index < -0.39 is 15.4 Å². The highest BCUT2D eigenvalue weighted by atomic mass is 32.2. The van der Waals surface area contributed by atoms with Gasteiger partial charge in [0.2, 0.25) is 0 Å². The Morgan fingerprint density at radius 1 is 1.50 bits per heavy atom. The highest BCUT2D eigenvalue weighted by Gasteiger charge is 2.37. The number of aliphatic hydroxyl groups is 1. The molecule has 0 bridgehead atoms. The van der Waals surface area contributed by atoms with Crippen molar-refractivity contribution in [3.05, 3.63) is 0 Å². The van der Waals surface area contributed by atoms with E-state index in [2.05, 4.69) is 12.2 Å². The molecule has 1 aliphatic heterocycles. The number of rotatable bonds is 5. The Morgan fingerprint density at radius 3 is 2.75 bits per heavy atom. The molecule has 2 N–H and O–H groups in total. The van der Waals surface area contributed by atoms with E-state index in [4.69, 9.17) is 0 Å². The molecule has 16 heavy (non-hydrogen) atoms. The minimum Gasteiger partial charge on any atom is -0.390 e. The first-order chi connectivity index (χ1) is 7.37. The van der Waals surface area contributed by atoms with Crippen molar-refractivity contribution < 1.29 is 13.5 Å². The molecule has 0 spiro atoms. The van der Waals surface area contributed by atoms with Gasteiger partial charge in [-0.1, -0.05) is 6.92 Å². The number of piperidine rings is 1. The molecule has 0 aliphatic carbocycles. The first-order valence-electron chi connectivity index (χ1n) is 5.98. The SMILES string of the molecule is CCC1CNCCC1(O)CCCS(C)(=O)=O. The molecular formula is C11H23NO3S. The third-order valence-corrected chi connectivity index (χ3v) is 4.53. The van der Waals surface area contributed by atoms with E-state index in [0.29, 0.717) is 12.8 Å². The molecule has 1 saturated heterocycles. The van der Waals surface area contributed by atoms with Gasteiger partial charge in [-0.3, -0.25) is 0 Å². The van der Waals surface area contributed by atoms with Crippen LogP contribution in [-0.2, 0) is 9.84 Å². The number of hydrogen-bond acceptors (Lipinski definition) is 4. The van der Waals surface area contributed by atoms with Crippen LogP contribution in [0.4, 0.5) is 0 Å². The first-order valence-corrected chi connectivity index (χ1v) is 8.04. The van der Waals surface area contributed by atoms with Crippen LogP contribution in [0.3, 0.4) is 0 Å². The van der Waals surface area contributed by atoms with E-state index in [1.807, 2.05) is 0 Å². The Hall–Kier alpha value is -0.130. The van der Waals surface area contributed by atoms with E-state index in [1.54, 1.807) is 0 Å². The molecule has 0 aromatic carbocycles. The molecule has 1 aliphatic rings. The van der Waals surface area contributed by atoms with Crippen molar-refractivity contribution in [3.63, 3.8) is 0 Å². The second-order valence-corrected chi connectivity index (χ2v) is 7.16. The molecule has 0 saturated carbocycles. The lowest BCUT2D eigenvalue weighted by Gasteiger charge is -2.40. The zero-order valence-electron chi connectivity index (χ0n) is 10.2. The quantitative estimate of drug-likeness (QED) is 0.747. The van der Waals surface area contributed by atoms with Crippen molar-refractivity contribution in [2.24, 2.45) is 5.92 Å². The third-order valence-electron chi connectivity index (χ3n) is 3.50. The van der Waals surface area contributed by atoms with Crippen LogP contribution in [0.1, 0.15) is 32.6 Å². The molecular weight excluding hydrogens is 226 g/mol. The van der Waals surface area contributed by atoms with Crippen molar-refractivity contribution >= 4 is 9.84 Å². The Balaban J connectivity index is 2.48. The predicted molar refractivity (Wildman–Crippen MR) is 65.2 cm³/mol. The van der Waals surface area contributed by atoms with Gasteiger partial charge in [-0.2, -0.15) is 0 Å². The summed E-state index contributed by atoms with van der Waals surface area (Å²) in [7, 11) is -2.90. The predicted octanol–water partition coefficient (Wildman–Crippen LogP) is 0.562. The third kappa shape index (κ3) is 4.03. The van der Waals surface area contributed by atoms with Crippen molar-refractivity contribution in [3.8, 4) is 0 Å². The maximum atomic E-state index is 11.0. The molecule has 96 valence electrons. The van der Waals surface area contributed by atoms with Crippen molar-refractivity contribution in [2.45, 2.75) is 38.2 Å². The van der Waals surface area contributed by atoms with Gasteiger partial charge in [0.05, 0.1) is 5.60 Å². The van der Waals surface area contributed by atoms with Gasteiger partial charge in [0.1, 0.15) is 9.84 Å². The highest BCUT2D eigenvalue weighted by Crippen LogP contribution is 2.31. The minimum absolute atomic E-state index is 0.180. The lowest BCUT2D eigenvalue weighted by Crippen LogP contribution is -2.50. The molecule has 1 fully saturated rings. The Bertz CT molecular complexity index is 315. The van der Waals surface area contributed by atoms with Gasteiger partial charge in [0.25, 0.3) is 0 Å². The molecule has 1 rings (SSSR count). The maximum Gasteiger partial charge on any atom is 0.147 e. The fraction of sp³-hybridized carbons (Fsp3) is 1.00. The van der Waals surface area contributed by atoms with Crippen LogP contribution >= 0.6 is 0 Å². The summed E-state index contributed by atoms with van der Waals surface area (Å²) in [5.41, 5.74) is -0.662. The van der Waals surface area contributed by atoms with Gasteiger partial charge in [-0.05, 0) is 38.1 Å². The molecule has 0 aromatic rings. The van der Waals surface area contributed by atoms with Gasteiger partial charge in [0.15, 0.2) is 0 Å². The van der Waals surface area contributed by atoms with Gasteiger partial charge in [-0.25, -0.2) is 8.42 Å². The van der Waals surface area contributed by atoms with Crippen LogP contribution in [-0.4, -0.2) is 44.2 Å². The summed E-state index contributed by atoms with van der Waals surface area (Å²) in [6.07, 6.45) is 4.07. The minimum atomic E-state index is -2.90.